The molecule has 2 N–H and O–H groups in total. The lowest BCUT2D eigenvalue weighted by atomic mass is 10.2. The van der Waals surface area contributed by atoms with Crippen LogP contribution in [0, 0.1) is 0 Å². The van der Waals surface area contributed by atoms with E-state index in [9.17, 15) is 4.79 Å². The van der Waals surface area contributed by atoms with Crippen LogP contribution >= 0.6 is 0 Å². The van der Waals surface area contributed by atoms with E-state index in [1.54, 1.807) is 0 Å². The molecule has 0 saturated carbocycles. The number of benzene rings is 1. The first-order chi connectivity index (χ1) is 10.1. The van der Waals surface area contributed by atoms with Crippen molar-refractivity contribution in [3.63, 3.8) is 0 Å². The molecule has 1 aliphatic rings. The van der Waals surface area contributed by atoms with E-state index < -0.39 is 0 Å². The summed E-state index contributed by atoms with van der Waals surface area (Å²) in [4.78, 5) is 18.7. The molecule has 21 heavy (non-hydrogen) atoms. The van der Waals surface area contributed by atoms with Crippen LogP contribution in [0.2, 0.25) is 0 Å². The Morgan fingerprint density at radius 1 is 1.29 bits per heavy atom. The van der Waals surface area contributed by atoms with Crippen molar-refractivity contribution in [3.05, 3.63) is 46.0 Å². The normalized spacial score (nSPS) is 12.7. The fraction of sp³-hybridized carbons (Fsp3) is 0.333. The number of nitrogens with zero attached hydrogens (tertiary/aromatic N) is 1. The minimum atomic E-state index is -0.151. The average Bonchev–Trinajstić information content (AvgIpc) is 2.92. The summed E-state index contributed by atoms with van der Waals surface area (Å²) < 4.78 is 10.6. The predicted octanol–water partition coefficient (Wildman–Crippen LogP) is 2.23. The van der Waals surface area contributed by atoms with Gasteiger partial charge in [0, 0.05) is 18.5 Å². The van der Waals surface area contributed by atoms with Gasteiger partial charge in [-0.15, -0.1) is 0 Å². The lowest BCUT2D eigenvalue weighted by Gasteiger charge is -2.09. The summed E-state index contributed by atoms with van der Waals surface area (Å²) in [5.74, 6) is 2.92. The van der Waals surface area contributed by atoms with Crippen molar-refractivity contribution in [2.24, 2.45) is 0 Å². The third-order valence-electron chi connectivity index (χ3n) is 3.22. The molecule has 0 saturated heterocycles. The van der Waals surface area contributed by atoms with E-state index in [2.05, 4.69) is 15.3 Å². The smallest absolute Gasteiger partial charge is 0.252 e. The summed E-state index contributed by atoms with van der Waals surface area (Å²) in [5, 5.41) is 3.16. The lowest BCUT2D eigenvalue weighted by molar-refractivity contribution is 0.174. The Labute approximate surface area is 122 Å². The minimum Gasteiger partial charge on any atom is -0.454 e. The molecule has 0 amide bonds. The molecule has 3 rings (SSSR count). The molecule has 0 bridgehead atoms. The number of fused-ring (bicyclic) bond motifs is 1. The molecule has 0 fully saturated rings. The van der Waals surface area contributed by atoms with Gasteiger partial charge in [0.2, 0.25) is 6.79 Å². The first-order valence-corrected chi connectivity index (χ1v) is 6.85. The number of rotatable bonds is 4. The van der Waals surface area contributed by atoms with E-state index in [0.29, 0.717) is 18.2 Å². The van der Waals surface area contributed by atoms with Crippen LogP contribution in [-0.2, 0) is 6.54 Å². The molecule has 1 aromatic heterocycles. The van der Waals surface area contributed by atoms with Gasteiger partial charge in [0.05, 0.1) is 0 Å². The van der Waals surface area contributed by atoms with E-state index in [-0.39, 0.29) is 18.3 Å². The van der Waals surface area contributed by atoms with Gasteiger partial charge in [0.1, 0.15) is 11.6 Å². The summed E-state index contributed by atoms with van der Waals surface area (Å²) >= 11 is 0. The summed E-state index contributed by atoms with van der Waals surface area (Å²) in [7, 11) is 0. The van der Waals surface area contributed by atoms with Crippen molar-refractivity contribution in [2.45, 2.75) is 26.3 Å². The van der Waals surface area contributed by atoms with Gasteiger partial charge in [-0.05, 0) is 17.7 Å². The number of hydrogen-bond donors (Lipinski definition) is 2. The van der Waals surface area contributed by atoms with E-state index in [1.807, 2.05) is 32.0 Å². The number of H-pyrrole nitrogens is 1. The monoisotopic (exact) mass is 287 g/mol. The van der Waals surface area contributed by atoms with Gasteiger partial charge >= 0.3 is 0 Å². The highest BCUT2D eigenvalue weighted by Crippen LogP contribution is 2.32. The molecule has 110 valence electrons. The SMILES string of the molecule is CC(C)c1nc(NCc2ccc3c(c2)OCO3)cc(=O)[nH]1. The molecule has 0 radical (unpaired) electrons. The Hall–Kier alpha value is -2.50. The fourth-order valence-electron chi connectivity index (χ4n) is 2.08. The molecule has 0 aliphatic carbocycles. The second-order valence-electron chi connectivity index (χ2n) is 5.21. The first-order valence-electron chi connectivity index (χ1n) is 6.85. The van der Waals surface area contributed by atoms with Crippen LogP contribution in [0.5, 0.6) is 11.5 Å². The zero-order chi connectivity index (χ0) is 14.8. The van der Waals surface area contributed by atoms with Gasteiger partial charge in [-0.3, -0.25) is 4.79 Å². The summed E-state index contributed by atoms with van der Waals surface area (Å²) in [6, 6.07) is 7.21. The van der Waals surface area contributed by atoms with E-state index >= 15 is 0 Å². The van der Waals surface area contributed by atoms with Gasteiger partial charge in [-0.1, -0.05) is 19.9 Å². The number of aromatic amines is 1. The van der Waals surface area contributed by atoms with Gasteiger partial charge in [-0.2, -0.15) is 0 Å². The van der Waals surface area contributed by atoms with Crippen molar-refractivity contribution >= 4 is 5.82 Å². The molecule has 0 atom stereocenters. The van der Waals surface area contributed by atoms with Gasteiger partial charge in [0.15, 0.2) is 11.5 Å². The third kappa shape index (κ3) is 2.99. The number of anilines is 1. The highest BCUT2D eigenvalue weighted by atomic mass is 16.7. The molecule has 1 aliphatic heterocycles. The van der Waals surface area contributed by atoms with Crippen LogP contribution in [0.3, 0.4) is 0 Å². The molecular weight excluding hydrogens is 270 g/mol. The number of hydrogen-bond acceptors (Lipinski definition) is 5. The van der Waals surface area contributed by atoms with Crippen molar-refractivity contribution in [2.75, 3.05) is 12.1 Å². The highest BCUT2D eigenvalue weighted by molar-refractivity contribution is 5.45. The topological polar surface area (TPSA) is 76.2 Å². The Balaban J connectivity index is 1.74. The summed E-state index contributed by atoms with van der Waals surface area (Å²) in [6.07, 6.45) is 0. The van der Waals surface area contributed by atoms with Crippen molar-refractivity contribution in [1.82, 2.24) is 9.97 Å². The molecule has 2 aromatic rings. The number of aromatic nitrogens is 2. The molecular formula is C15H17N3O3. The summed E-state index contributed by atoms with van der Waals surface area (Å²) in [6.45, 7) is 4.80. The molecule has 1 aromatic carbocycles. The lowest BCUT2D eigenvalue weighted by Crippen LogP contribution is -2.14. The van der Waals surface area contributed by atoms with Crippen LogP contribution in [0.15, 0.2) is 29.1 Å². The maximum atomic E-state index is 11.6. The van der Waals surface area contributed by atoms with Crippen LogP contribution in [-0.4, -0.2) is 16.8 Å². The van der Waals surface area contributed by atoms with Crippen molar-refractivity contribution in [1.29, 1.82) is 0 Å². The zero-order valence-corrected chi connectivity index (χ0v) is 12.0. The first kappa shape index (κ1) is 13.5. The highest BCUT2D eigenvalue weighted by Gasteiger charge is 2.13. The maximum Gasteiger partial charge on any atom is 0.252 e. The standard InChI is InChI=1S/C15H17N3O3/c1-9(2)15-17-13(6-14(19)18-15)16-7-10-3-4-11-12(5-10)21-8-20-11/h3-6,9H,7-8H2,1-2H3,(H2,16,17,18,19). The maximum absolute atomic E-state index is 11.6. The van der Waals surface area contributed by atoms with Gasteiger partial charge in [-0.25, -0.2) is 4.98 Å². The molecule has 6 heteroatoms. The van der Waals surface area contributed by atoms with Crippen LogP contribution < -0.4 is 20.3 Å². The molecule has 2 heterocycles. The second-order valence-corrected chi connectivity index (χ2v) is 5.21. The Morgan fingerprint density at radius 2 is 2.10 bits per heavy atom. The van der Waals surface area contributed by atoms with Crippen LogP contribution in [0.25, 0.3) is 0 Å². The van der Waals surface area contributed by atoms with Crippen molar-refractivity contribution in [3.8, 4) is 11.5 Å². The fourth-order valence-corrected chi connectivity index (χ4v) is 2.08. The van der Waals surface area contributed by atoms with E-state index in [1.165, 1.54) is 6.07 Å². The number of nitrogens with one attached hydrogen (secondary N) is 2. The Bertz CT molecular complexity index is 710. The quantitative estimate of drug-likeness (QED) is 0.902. The molecule has 0 spiro atoms. The van der Waals surface area contributed by atoms with Crippen LogP contribution in [0.4, 0.5) is 5.82 Å². The molecule has 0 unspecified atom stereocenters. The summed E-state index contributed by atoms with van der Waals surface area (Å²) in [5.41, 5.74) is 0.884. The number of ether oxygens (including phenoxy) is 2. The Kier molecular flexibility index (Phi) is 3.51. The molecule has 6 nitrogen and oxygen atoms in total. The van der Waals surface area contributed by atoms with Crippen molar-refractivity contribution < 1.29 is 9.47 Å². The third-order valence-corrected chi connectivity index (χ3v) is 3.22. The Morgan fingerprint density at radius 3 is 2.90 bits per heavy atom. The largest absolute Gasteiger partial charge is 0.454 e. The van der Waals surface area contributed by atoms with Gasteiger partial charge < -0.3 is 19.8 Å². The average molecular weight is 287 g/mol. The predicted molar refractivity (Wildman–Crippen MR) is 78.8 cm³/mol. The van der Waals surface area contributed by atoms with E-state index in [4.69, 9.17) is 9.47 Å². The van der Waals surface area contributed by atoms with E-state index in [0.717, 1.165) is 17.1 Å². The minimum absolute atomic E-state index is 0.151. The zero-order valence-electron chi connectivity index (χ0n) is 12.0. The van der Waals surface area contributed by atoms with Gasteiger partial charge in [0.25, 0.3) is 5.56 Å². The second kappa shape index (κ2) is 5.47. The van der Waals surface area contributed by atoms with Crippen LogP contribution in [0.1, 0.15) is 31.2 Å².